The highest BCUT2D eigenvalue weighted by Gasteiger charge is 2.32. The molecule has 0 aliphatic rings. The molecular formula is C13H14F3N3O2. The van der Waals surface area contributed by atoms with Gasteiger partial charge in [0.2, 0.25) is 0 Å². The summed E-state index contributed by atoms with van der Waals surface area (Å²) >= 11 is 0. The van der Waals surface area contributed by atoms with Gasteiger partial charge in [-0.25, -0.2) is 5.43 Å². The Kier molecular flexibility index (Phi) is 5.89. The van der Waals surface area contributed by atoms with E-state index in [1.165, 1.54) is 18.2 Å². The fourth-order valence-corrected chi connectivity index (χ4v) is 1.40. The lowest BCUT2D eigenvalue weighted by atomic mass is 10.1. The molecule has 21 heavy (non-hydrogen) atoms. The molecule has 0 heterocycles. The molecule has 114 valence electrons. The van der Waals surface area contributed by atoms with Gasteiger partial charge in [-0.1, -0.05) is 25.1 Å². The summed E-state index contributed by atoms with van der Waals surface area (Å²) in [7, 11) is 0. The van der Waals surface area contributed by atoms with E-state index >= 15 is 0 Å². The van der Waals surface area contributed by atoms with Crippen molar-refractivity contribution in [3.8, 4) is 0 Å². The van der Waals surface area contributed by atoms with E-state index in [0.717, 1.165) is 12.3 Å². The zero-order valence-electron chi connectivity index (χ0n) is 11.2. The van der Waals surface area contributed by atoms with Crippen LogP contribution in [0.2, 0.25) is 0 Å². The molecule has 0 fully saturated rings. The van der Waals surface area contributed by atoms with Gasteiger partial charge in [0.15, 0.2) is 0 Å². The van der Waals surface area contributed by atoms with E-state index in [1.807, 2.05) is 12.3 Å². The lowest BCUT2D eigenvalue weighted by molar-refractivity contribution is -0.139. The molecule has 2 amide bonds. The smallest absolute Gasteiger partial charge is 0.348 e. The Balaban J connectivity index is 2.70. The summed E-state index contributed by atoms with van der Waals surface area (Å²) in [5, 5.41) is 5.67. The van der Waals surface area contributed by atoms with Crippen molar-refractivity contribution in [3.05, 3.63) is 35.4 Å². The topological polar surface area (TPSA) is 70.6 Å². The Morgan fingerprint density at radius 3 is 2.52 bits per heavy atom. The summed E-state index contributed by atoms with van der Waals surface area (Å²) in [6.45, 7) is 2.14. The predicted octanol–water partition coefficient (Wildman–Crippen LogP) is 1.68. The number of halogens is 3. The van der Waals surface area contributed by atoms with Gasteiger partial charge in [-0.3, -0.25) is 9.59 Å². The fraction of sp³-hybridized carbons (Fsp3) is 0.308. The first-order valence-electron chi connectivity index (χ1n) is 6.13. The van der Waals surface area contributed by atoms with E-state index in [4.69, 9.17) is 0 Å². The number of carbonyl (C=O) groups excluding carboxylic acids is 2. The number of nitrogens with zero attached hydrogens (tertiary/aromatic N) is 1. The summed E-state index contributed by atoms with van der Waals surface area (Å²) in [5.41, 5.74) is 0.784. The van der Waals surface area contributed by atoms with Gasteiger partial charge in [0.25, 0.3) is 0 Å². The van der Waals surface area contributed by atoms with E-state index in [9.17, 15) is 22.8 Å². The Hall–Kier alpha value is -2.38. The maximum Gasteiger partial charge on any atom is 0.417 e. The summed E-state index contributed by atoms with van der Waals surface area (Å²) in [6.07, 6.45) is -3.03. The first-order chi connectivity index (χ1) is 9.86. The first-order valence-corrected chi connectivity index (χ1v) is 6.13. The zero-order chi connectivity index (χ0) is 15.9. The van der Waals surface area contributed by atoms with Gasteiger partial charge in [-0.15, -0.1) is 0 Å². The number of nitrogens with one attached hydrogen (secondary N) is 2. The third kappa shape index (κ3) is 5.25. The molecule has 1 aromatic rings. The van der Waals surface area contributed by atoms with Gasteiger partial charge >= 0.3 is 18.0 Å². The van der Waals surface area contributed by atoms with E-state index in [0.29, 0.717) is 13.0 Å². The minimum Gasteiger partial charge on any atom is -0.348 e. The average molecular weight is 301 g/mol. The van der Waals surface area contributed by atoms with Crippen molar-refractivity contribution < 1.29 is 22.8 Å². The van der Waals surface area contributed by atoms with Crippen LogP contribution in [0.15, 0.2) is 29.4 Å². The molecule has 0 saturated heterocycles. The largest absolute Gasteiger partial charge is 0.417 e. The van der Waals surface area contributed by atoms with Crippen LogP contribution in [0, 0.1) is 0 Å². The SMILES string of the molecule is CCCNC(=O)C(=O)N/N=C/c1ccccc1C(F)(F)F. The van der Waals surface area contributed by atoms with Crippen molar-refractivity contribution in [1.29, 1.82) is 0 Å². The van der Waals surface area contributed by atoms with Gasteiger partial charge in [0.05, 0.1) is 11.8 Å². The lowest BCUT2D eigenvalue weighted by Crippen LogP contribution is -2.38. The van der Waals surface area contributed by atoms with Crippen LogP contribution >= 0.6 is 0 Å². The van der Waals surface area contributed by atoms with Gasteiger partial charge in [0.1, 0.15) is 0 Å². The third-order valence-electron chi connectivity index (χ3n) is 2.38. The van der Waals surface area contributed by atoms with Crippen LogP contribution in [-0.2, 0) is 15.8 Å². The van der Waals surface area contributed by atoms with Crippen LogP contribution in [0.3, 0.4) is 0 Å². The van der Waals surface area contributed by atoms with Crippen molar-refractivity contribution >= 4 is 18.0 Å². The Morgan fingerprint density at radius 2 is 1.90 bits per heavy atom. The molecule has 8 heteroatoms. The molecule has 0 unspecified atom stereocenters. The summed E-state index contributed by atoms with van der Waals surface area (Å²) < 4.78 is 38.1. The zero-order valence-corrected chi connectivity index (χ0v) is 11.2. The Morgan fingerprint density at radius 1 is 1.24 bits per heavy atom. The summed E-state index contributed by atoms with van der Waals surface area (Å²) in [5.74, 6) is -1.93. The standard InChI is InChI=1S/C13H14F3N3O2/c1-2-7-17-11(20)12(21)19-18-8-9-5-3-4-6-10(9)13(14,15)16/h3-6,8H,2,7H2,1H3,(H,17,20)(H,19,21)/b18-8+. The third-order valence-corrected chi connectivity index (χ3v) is 2.38. The number of hydrogen-bond acceptors (Lipinski definition) is 3. The molecule has 2 N–H and O–H groups in total. The quantitative estimate of drug-likeness (QED) is 0.504. The maximum atomic E-state index is 12.7. The molecule has 5 nitrogen and oxygen atoms in total. The van der Waals surface area contributed by atoms with Crippen LogP contribution in [0.25, 0.3) is 0 Å². The van der Waals surface area contributed by atoms with Crippen LogP contribution in [-0.4, -0.2) is 24.6 Å². The van der Waals surface area contributed by atoms with E-state index in [-0.39, 0.29) is 5.56 Å². The molecule has 0 bridgehead atoms. The van der Waals surface area contributed by atoms with Crippen molar-refractivity contribution in [3.63, 3.8) is 0 Å². The van der Waals surface area contributed by atoms with E-state index in [1.54, 1.807) is 0 Å². The molecule has 0 radical (unpaired) electrons. The van der Waals surface area contributed by atoms with Crippen LogP contribution in [0.1, 0.15) is 24.5 Å². The number of rotatable bonds is 4. The van der Waals surface area contributed by atoms with Crippen LogP contribution < -0.4 is 10.7 Å². The van der Waals surface area contributed by atoms with Crippen LogP contribution in [0.5, 0.6) is 0 Å². The predicted molar refractivity (Wildman–Crippen MR) is 70.5 cm³/mol. The molecule has 0 aliphatic carbocycles. The minimum absolute atomic E-state index is 0.209. The van der Waals surface area contributed by atoms with Gasteiger partial charge < -0.3 is 5.32 Å². The fourth-order valence-electron chi connectivity index (χ4n) is 1.40. The van der Waals surface area contributed by atoms with Crippen molar-refractivity contribution in [2.75, 3.05) is 6.54 Å². The Bertz CT molecular complexity index is 542. The number of amides is 2. The number of benzene rings is 1. The van der Waals surface area contributed by atoms with Crippen molar-refractivity contribution in [2.24, 2.45) is 5.10 Å². The van der Waals surface area contributed by atoms with Crippen molar-refractivity contribution in [1.82, 2.24) is 10.7 Å². The monoisotopic (exact) mass is 301 g/mol. The highest BCUT2D eigenvalue weighted by atomic mass is 19.4. The second kappa shape index (κ2) is 7.41. The summed E-state index contributed by atoms with van der Waals surface area (Å²) in [4.78, 5) is 22.5. The molecule has 0 spiro atoms. The average Bonchev–Trinajstić information content (AvgIpc) is 2.44. The van der Waals surface area contributed by atoms with Crippen molar-refractivity contribution in [2.45, 2.75) is 19.5 Å². The van der Waals surface area contributed by atoms with Gasteiger partial charge in [-0.2, -0.15) is 18.3 Å². The van der Waals surface area contributed by atoms with Gasteiger partial charge in [0, 0.05) is 12.1 Å². The molecule has 0 aromatic heterocycles. The first kappa shape index (κ1) is 16.7. The second-order valence-corrected chi connectivity index (χ2v) is 4.04. The number of alkyl halides is 3. The highest BCUT2D eigenvalue weighted by Crippen LogP contribution is 2.30. The molecule has 0 aliphatic heterocycles. The number of carbonyl (C=O) groups is 2. The summed E-state index contributed by atoms with van der Waals surface area (Å²) in [6, 6.07) is 4.76. The van der Waals surface area contributed by atoms with E-state index in [2.05, 4.69) is 10.4 Å². The maximum absolute atomic E-state index is 12.7. The lowest BCUT2D eigenvalue weighted by Gasteiger charge is -2.09. The molecule has 0 atom stereocenters. The minimum atomic E-state index is -4.52. The molecule has 0 saturated carbocycles. The molecular weight excluding hydrogens is 287 g/mol. The van der Waals surface area contributed by atoms with E-state index < -0.39 is 23.6 Å². The highest BCUT2D eigenvalue weighted by molar-refractivity contribution is 6.35. The second-order valence-electron chi connectivity index (χ2n) is 4.04. The normalized spacial score (nSPS) is 11.4. The number of hydrogen-bond donors (Lipinski definition) is 2. The van der Waals surface area contributed by atoms with Crippen LogP contribution in [0.4, 0.5) is 13.2 Å². The molecule has 1 aromatic carbocycles. The molecule has 1 rings (SSSR count). The Labute approximate surface area is 119 Å². The number of hydrazone groups is 1. The van der Waals surface area contributed by atoms with Gasteiger partial charge in [-0.05, 0) is 12.5 Å².